The number of carbonyl (C=O) groups excluding carboxylic acids is 18. The molecule has 5 aromatic rings. The molecule has 3 aromatic carbocycles. The number of rotatable bonds is 24. The molecule has 22 N–H and O–H groups in total. The Morgan fingerprint density at radius 1 is 0.546 bits per heavy atom. The van der Waals surface area contributed by atoms with Crippen molar-refractivity contribution >= 4 is 150 Å². The highest BCUT2D eigenvalue weighted by Gasteiger charge is 2.47. The quantitative estimate of drug-likeness (QED) is 0.0289. The number of aromatic amines is 1. The predicted octanol–water partition coefficient (Wildman–Crippen LogP) is -3.20. The molecular weight excluding hydrogens is 1730 g/mol. The van der Waals surface area contributed by atoms with Gasteiger partial charge in [-0.15, -0.1) is 23.1 Å². The van der Waals surface area contributed by atoms with Crippen molar-refractivity contribution in [1.29, 1.82) is 0 Å². The van der Waals surface area contributed by atoms with Crippen LogP contribution in [-0.2, 0) is 106 Å². The Morgan fingerprint density at radius 3 is 1.75 bits per heavy atom. The van der Waals surface area contributed by atoms with Gasteiger partial charge in [0.25, 0.3) is 0 Å². The number of amides is 18. The molecule has 0 radical (unpaired) electrons. The number of primary amides is 3. The normalized spacial score (nSPS) is 25.3. The second-order valence-corrected chi connectivity index (χ2v) is 35.3. The summed E-state index contributed by atoms with van der Waals surface area (Å²) in [6.07, 6.45) is -1.51. The summed E-state index contributed by atoms with van der Waals surface area (Å²) in [6, 6.07) is -2.63. The van der Waals surface area contributed by atoms with E-state index in [9.17, 15) is 68.1 Å². The van der Waals surface area contributed by atoms with Crippen molar-refractivity contribution < 1.29 is 102 Å². The van der Waals surface area contributed by atoms with Crippen LogP contribution < -0.4 is 76.1 Å². The third-order valence-electron chi connectivity index (χ3n) is 23.1. The zero-order valence-corrected chi connectivity index (χ0v) is 75.8. The number of hydrogen-bond acceptors (Lipinski definition) is 24. The van der Waals surface area contributed by atoms with E-state index in [1.165, 1.54) is 63.7 Å². The first-order valence-electron chi connectivity index (χ1n) is 43.4. The molecule has 0 spiro atoms. The Labute approximate surface area is 760 Å². The van der Waals surface area contributed by atoms with Crippen LogP contribution >= 0.6 is 23.1 Å². The van der Waals surface area contributed by atoms with Crippen molar-refractivity contribution in [2.75, 3.05) is 65.4 Å². The summed E-state index contributed by atoms with van der Waals surface area (Å²) in [6.45, 7) is 5.58. The van der Waals surface area contributed by atoms with E-state index in [0.29, 0.717) is 58.7 Å². The zero-order valence-electron chi connectivity index (χ0n) is 74.1. The number of nitrogens with one attached hydrogen (secondary N) is 11. The smallest absolute Gasteiger partial charge is 0.246 e. The second kappa shape index (κ2) is 48.9. The van der Waals surface area contributed by atoms with E-state index in [2.05, 4.69) is 58.2 Å². The fourth-order valence-electron chi connectivity index (χ4n) is 15.9. The molecule has 3 saturated heterocycles. The number of aliphatic hydroxyl groups is 2. The standard InChI is InChI=1S/C87H122N20O21S2/c1-9-11-21-65-80(121)95-56(29-30-88)76(117)102-64(75(116)93-40-72(91)113)44-129-45-73(114)94-60(33-48-25-27-51(109)28-26-48)83(124)103(6)47(5)74(115)98-62(38-71(90)112)85(126)106-31-17-23-66(106)81(122)97-58(37-70(89)111)78(119)99-59(32-46(3)4)86(127)107-41-52(110)36-68(107)82(123)96-57(34-49-39-92-55-20-15-13-18-53(49)55)77(118)101-63(42-108)79(120)100-61(35-50-43-130-69-24-16-14-19-54(50)69)84(125)105(8)67(22-12-10-2)87(128)104(65)7/h13-16,18-20,24-28,39,43,46-47,52,56-68,92,108-110H,9-12,17,21-23,29-38,40-42,44-45,88H2,1-8H3,(H2,89,111)(H2,90,112)(H2,91,113)(H,93,116)(H,94,114)(H,95,121)(H,96,123)(H,97,122)(H,98,115)(H,99,119)(H,100,120)(H,101,118)(H,102,117)/t47-,52+,56-,57-,58-,59-,60-,61-,62+,63-,64-,65-,66-,67-,68-/m0/s1. The highest BCUT2D eigenvalue weighted by molar-refractivity contribution is 8.00. The summed E-state index contributed by atoms with van der Waals surface area (Å²) in [7, 11) is 3.89. The molecule has 3 fully saturated rings. The number of aromatic hydroxyl groups is 1. The largest absolute Gasteiger partial charge is 0.508 e. The molecule has 130 heavy (non-hydrogen) atoms. The molecule has 15 atom stereocenters. The first-order valence-corrected chi connectivity index (χ1v) is 45.4. The monoisotopic (exact) mass is 1850 g/mol. The molecule has 41 nitrogen and oxygen atoms in total. The Hall–Kier alpha value is -12.4. The van der Waals surface area contributed by atoms with Crippen molar-refractivity contribution in [3.63, 3.8) is 0 Å². The highest BCUT2D eigenvalue weighted by Crippen LogP contribution is 2.30. The number of hydrogen-bond donors (Lipinski definition) is 18. The van der Waals surface area contributed by atoms with Gasteiger partial charge in [0.15, 0.2) is 0 Å². The van der Waals surface area contributed by atoms with Gasteiger partial charge < -0.3 is 121 Å². The van der Waals surface area contributed by atoms with Crippen LogP contribution in [0.15, 0.2) is 84.4 Å². The summed E-state index contributed by atoms with van der Waals surface area (Å²) in [4.78, 5) is 269. The lowest BCUT2D eigenvalue weighted by Gasteiger charge is -2.36. The van der Waals surface area contributed by atoms with Gasteiger partial charge in [0, 0.05) is 87.5 Å². The number of fused-ring (bicyclic) bond motifs is 4. The number of thioether (sulfide) groups is 1. The summed E-state index contributed by atoms with van der Waals surface area (Å²) in [5.74, 6) is -19.3. The van der Waals surface area contributed by atoms with Gasteiger partial charge in [0.05, 0.1) is 37.9 Å². The maximum absolute atomic E-state index is 15.7. The molecule has 708 valence electrons. The first-order chi connectivity index (χ1) is 61.8. The molecule has 0 bridgehead atoms. The Balaban J connectivity index is 1.18. The molecular formula is C87H122N20O21S2. The van der Waals surface area contributed by atoms with Crippen molar-refractivity contribution in [2.24, 2.45) is 28.9 Å². The van der Waals surface area contributed by atoms with Gasteiger partial charge in [-0.1, -0.05) is 102 Å². The molecule has 0 aliphatic carbocycles. The SMILES string of the molecule is CCCC[C@H]1C(=O)N(C)[C@@H](CCCC)C(=O)N[C@@H](CCN)C(=O)N[C@H](C(=O)NCC(N)=O)CSCC(=O)N[C@@H](Cc2ccc(O)cc2)C(=O)N(C)[C@@H](C)C(=O)N[C@H](CC(N)=O)C(=O)N2CCC[C@H]2C(=O)N[C@@H](CC(N)=O)C(=O)N[C@@H](CC(C)C)C(=O)N2C[C@H](O)C[C@H]2C(=O)N[C@@H](Cc2c[nH]c3ccccc23)C(=O)N[C@@H](CO)C(=O)N[C@@H](Cc2csc3ccccc23)C(=O)N1C. The number of nitrogens with two attached hydrogens (primary N) is 4. The molecule has 0 saturated carbocycles. The minimum atomic E-state index is -1.89. The lowest BCUT2D eigenvalue weighted by atomic mass is 10.00. The number of phenolic OH excluding ortho intramolecular Hbond substituents is 1. The summed E-state index contributed by atoms with van der Waals surface area (Å²) in [5.41, 5.74) is 24.9. The number of likely N-dealkylation sites (N-methyl/N-ethyl adjacent to an activating group) is 3. The van der Waals surface area contributed by atoms with Crippen LogP contribution in [0.3, 0.4) is 0 Å². The fourth-order valence-corrected chi connectivity index (χ4v) is 17.7. The number of thiophene rings is 1. The number of benzene rings is 3. The van der Waals surface area contributed by atoms with E-state index < -0.39 is 253 Å². The maximum atomic E-state index is 15.7. The van der Waals surface area contributed by atoms with Gasteiger partial charge in [0.1, 0.15) is 90.3 Å². The van der Waals surface area contributed by atoms with E-state index in [4.69, 9.17) is 22.9 Å². The van der Waals surface area contributed by atoms with Crippen molar-refractivity contribution in [3.8, 4) is 5.75 Å². The van der Waals surface area contributed by atoms with Crippen LogP contribution in [0.4, 0.5) is 0 Å². The van der Waals surface area contributed by atoms with E-state index in [1.54, 1.807) is 55.8 Å². The summed E-state index contributed by atoms with van der Waals surface area (Å²) < 4.78 is 0.810. The number of phenols is 1. The number of aliphatic hydroxyl groups excluding tert-OH is 2. The lowest BCUT2D eigenvalue weighted by molar-refractivity contribution is -0.149. The lowest BCUT2D eigenvalue weighted by Crippen LogP contribution is -2.62. The van der Waals surface area contributed by atoms with Crippen molar-refractivity contribution in [3.05, 3.63) is 101 Å². The average molecular weight is 1850 g/mol. The van der Waals surface area contributed by atoms with Crippen LogP contribution in [0, 0.1) is 5.92 Å². The molecule has 3 aliphatic rings. The number of aromatic nitrogens is 1. The summed E-state index contributed by atoms with van der Waals surface area (Å²) >= 11 is 2.10. The van der Waals surface area contributed by atoms with Gasteiger partial charge in [-0.2, -0.15) is 0 Å². The van der Waals surface area contributed by atoms with Gasteiger partial charge in [0.2, 0.25) is 106 Å². The third-order valence-corrected chi connectivity index (χ3v) is 25.2. The van der Waals surface area contributed by atoms with E-state index in [-0.39, 0.29) is 76.6 Å². The Morgan fingerprint density at radius 2 is 1.09 bits per heavy atom. The van der Waals surface area contributed by atoms with Crippen molar-refractivity contribution in [1.82, 2.24) is 82.7 Å². The van der Waals surface area contributed by atoms with Crippen molar-refractivity contribution in [2.45, 2.75) is 228 Å². The predicted molar refractivity (Wildman–Crippen MR) is 479 cm³/mol. The van der Waals surface area contributed by atoms with E-state index in [1.807, 2.05) is 32.0 Å². The van der Waals surface area contributed by atoms with E-state index >= 15 is 33.6 Å². The van der Waals surface area contributed by atoms with Crippen LogP contribution in [0.25, 0.3) is 21.0 Å². The Bertz CT molecular complexity index is 4920. The van der Waals surface area contributed by atoms with Gasteiger partial charge in [-0.3, -0.25) is 86.3 Å². The van der Waals surface area contributed by atoms with Crippen LogP contribution in [0.2, 0.25) is 0 Å². The van der Waals surface area contributed by atoms with Crippen LogP contribution in [0.1, 0.15) is 135 Å². The molecule has 2 aromatic heterocycles. The minimum absolute atomic E-state index is 0.000137. The number of carbonyl (C=O) groups is 18. The molecule has 0 unspecified atom stereocenters. The topological polar surface area (TPSA) is 624 Å². The highest BCUT2D eigenvalue weighted by atomic mass is 32.2. The molecule has 5 heterocycles. The second-order valence-electron chi connectivity index (χ2n) is 33.4. The summed E-state index contributed by atoms with van der Waals surface area (Å²) in [5, 5.41) is 61.6. The number of nitrogens with zero attached hydrogens (tertiary/aromatic N) is 5. The first kappa shape index (κ1) is 103. The van der Waals surface area contributed by atoms with Gasteiger partial charge in [-0.25, -0.2) is 0 Å². The number of unbranched alkanes of at least 4 members (excludes halogenated alkanes) is 2. The molecule has 18 amide bonds. The third kappa shape index (κ3) is 28.3. The molecule has 43 heteroatoms. The number of H-pyrrole nitrogens is 1. The number of para-hydroxylation sites is 1. The van der Waals surface area contributed by atoms with Crippen LogP contribution in [0.5, 0.6) is 5.75 Å². The fraction of sp³-hybridized carbons (Fsp3) is 0.540. The Kier molecular flexibility index (Phi) is 38.7. The van der Waals surface area contributed by atoms with Gasteiger partial charge >= 0.3 is 0 Å². The zero-order chi connectivity index (χ0) is 95.5. The van der Waals surface area contributed by atoms with Gasteiger partial charge in [-0.05, 0) is 110 Å². The molecule has 3 aliphatic heterocycles. The molecule has 8 rings (SSSR count). The van der Waals surface area contributed by atoms with E-state index in [0.717, 1.165) is 41.0 Å². The minimum Gasteiger partial charge on any atom is -0.508 e. The van der Waals surface area contributed by atoms with Crippen LogP contribution in [-0.4, -0.2) is 307 Å². The average Bonchev–Trinajstić information content (AvgIpc) is 1.63. The maximum Gasteiger partial charge on any atom is 0.246 e.